The molecule has 0 bridgehead atoms. The average molecular weight is 249 g/mol. The Balaban J connectivity index is 2.39. The minimum atomic E-state index is -0.644. The van der Waals surface area contributed by atoms with Crippen molar-refractivity contribution >= 4 is 28.4 Å². The van der Waals surface area contributed by atoms with Gasteiger partial charge < -0.3 is 4.90 Å². The second kappa shape index (κ2) is 4.72. The molecule has 4 heteroatoms. The van der Waals surface area contributed by atoms with Crippen LogP contribution in [0.3, 0.4) is 0 Å². The van der Waals surface area contributed by atoms with Gasteiger partial charge in [0.25, 0.3) is 0 Å². The lowest BCUT2D eigenvalue weighted by Crippen LogP contribution is -2.25. The molecule has 1 aromatic heterocycles. The Hall–Kier alpha value is -1.61. The normalized spacial score (nSPS) is 12.4. The lowest BCUT2D eigenvalue weighted by molar-refractivity contribution is -0.128. The highest BCUT2D eigenvalue weighted by atomic mass is 35.5. The van der Waals surface area contributed by atoms with Crippen molar-refractivity contribution in [2.75, 3.05) is 14.1 Å². The first-order valence-corrected chi connectivity index (χ1v) is 5.73. The summed E-state index contributed by atoms with van der Waals surface area (Å²) in [5, 5.41) is 0.344. The average Bonchev–Trinajstić information content (AvgIpc) is 2.36. The largest absolute Gasteiger partial charge is 0.347 e. The number of amides is 1. The third-order valence-corrected chi connectivity index (χ3v) is 3.02. The molecule has 3 nitrogen and oxygen atoms in total. The fourth-order valence-corrected chi connectivity index (χ4v) is 1.95. The molecule has 1 unspecified atom stereocenters. The van der Waals surface area contributed by atoms with Crippen molar-refractivity contribution in [3.63, 3.8) is 0 Å². The number of benzene rings is 1. The van der Waals surface area contributed by atoms with E-state index in [1.165, 1.54) is 4.90 Å². The third kappa shape index (κ3) is 2.39. The van der Waals surface area contributed by atoms with E-state index in [-0.39, 0.29) is 5.91 Å². The number of alkyl halides is 1. The second-order valence-corrected chi connectivity index (χ2v) is 4.49. The molecule has 1 heterocycles. The maximum absolute atomic E-state index is 11.8. The fraction of sp³-hybridized carbons (Fsp3) is 0.231. The highest BCUT2D eigenvalue weighted by Gasteiger charge is 2.19. The van der Waals surface area contributed by atoms with Gasteiger partial charge in [-0.15, -0.1) is 11.6 Å². The van der Waals surface area contributed by atoms with E-state index >= 15 is 0 Å². The molecule has 0 N–H and O–H groups in total. The van der Waals surface area contributed by atoms with E-state index in [4.69, 9.17) is 11.6 Å². The van der Waals surface area contributed by atoms with Gasteiger partial charge in [0.1, 0.15) is 5.38 Å². The summed E-state index contributed by atoms with van der Waals surface area (Å²) in [5.74, 6) is -0.116. The van der Waals surface area contributed by atoms with Gasteiger partial charge in [-0.3, -0.25) is 9.78 Å². The highest BCUT2D eigenvalue weighted by Crippen LogP contribution is 2.25. The first kappa shape index (κ1) is 11.9. The summed E-state index contributed by atoms with van der Waals surface area (Å²) in [5.41, 5.74) is 1.70. The van der Waals surface area contributed by atoms with Gasteiger partial charge >= 0.3 is 0 Å². The molecule has 0 saturated carbocycles. The summed E-state index contributed by atoms with van der Waals surface area (Å²) < 4.78 is 0. The quantitative estimate of drug-likeness (QED) is 0.766. The summed E-state index contributed by atoms with van der Waals surface area (Å²) in [4.78, 5) is 17.5. The first-order chi connectivity index (χ1) is 8.09. The van der Waals surface area contributed by atoms with Gasteiger partial charge in [0.2, 0.25) is 5.91 Å². The van der Waals surface area contributed by atoms with Crippen LogP contribution < -0.4 is 0 Å². The smallest absolute Gasteiger partial charge is 0.244 e. The Morgan fingerprint density at radius 3 is 2.82 bits per heavy atom. The van der Waals surface area contributed by atoms with E-state index in [2.05, 4.69) is 4.98 Å². The van der Waals surface area contributed by atoms with Crippen molar-refractivity contribution in [1.29, 1.82) is 0 Å². The summed E-state index contributed by atoms with van der Waals surface area (Å²) in [6, 6.07) is 9.44. The summed E-state index contributed by atoms with van der Waals surface area (Å²) >= 11 is 6.14. The molecular formula is C13H13ClN2O. The lowest BCUT2D eigenvalue weighted by atomic mass is 10.1. The number of fused-ring (bicyclic) bond motifs is 1. The zero-order valence-corrected chi connectivity index (χ0v) is 10.5. The van der Waals surface area contributed by atoms with E-state index in [1.807, 2.05) is 30.3 Å². The number of halogens is 1. The number of carbonyl (C=O) groups excluding carboxylic acids is 1. The number of rotatable bonds is 2. The number of likely N-dealkylation sites (N-methyl/N-ethyl adjacent to an activating group) is 1. The van der Waals surface area contributed by atoms with Crippen LogP contribution in [-0.4, -0.2) is 29.9 Å². The summed E-state index contributed by atoms with van der Waals surface area (Å²) in [6.45, 7) is 0. The lowest BCUT2D eigenvalue weighted by Gasteiger charge is -2.15. The van der Waals surface area contributed by atoms with E-state index < -0.39 is 5.38 Å². The third-order valence-electron chi connectivity index (χ3n) is 2.58. The van der Waals surface area contributed by atoms with E-state index in [0.717, 1.165) is 16.5 Å². The van der Waals surface area contributed by atoms with Gasteiger partial charge in [0.05, 0.1) is 5.52 Å². The van der Waals surface area contributed by atoms with Gasteiger partial charge in [0, 0.05) is 25.7 Å². The predicted molar refractivity (Wildman–Crippen MR) is 69.0 cm³/mol. The Bertz CT molecular complexity index is 554. The van der Waals surface area contributed by atoms with Crippen molar-refractivity contribution in [1.82, 2.24) is 9.88 Å². The monoisotopic (exact) mass is 248 g/mol. The topological polar surface area (TPSA) is 33.2 Å². The summed E-state index contributed by atoms with van der Waals surface area (Å²) in [7, 11) is 3.39. The molecule has 0 aliphatic heterocycles. The number of nitrogens with zero attached hydrogens (tertiary/aromatic N) is 2. The van der Waals surface area contributed by atoms with Crippen molar-refractivity contribution in [3.8, 4) is 0 Å². The molecule has 1 aromatic carbocycles. The predicted octanol–water partition coefficient (Wildman–Crippen LogP) is 2.60. The van der Waals surface area contributed by atoms with Crippen LogP contribution in [0.4, 0.5) is 0 Å². The minimum Gasteiger partial charge on any atom is -0.347 e. The van der Waals surface area contributed by atoms with Gasteiger partial charge in [0.15, 0.2) is 0 Å². The molecule has 0 saturated heterocycles. The van der Waals surface area contributed by atoms with Crippen LogP contribution >= 0.6 is 11.6 Å². The fourth-order valence-electron chi connectivity index (χ4n) is 1.62. The van der Waals surface area contributed by atoms with Crippen LogP contribution in [0.2, 0.25) is 0 Å². The number of aromatic nitrogens is 1. The maximum atomic E-state index is 11.8. The van der Waals surface area contributed by atoms with Crippen LogP contribution in [0, 0.1) is 0 Å². The molecular weight excluding hydrogens is 236 g/mol. The Morgan fingerprint density at radius 1 is 1.35 bits per heavy atom. The molecule has 1 amide bonds. The zero-order valence-electron chi connectivity index (χ0n) is 9.72. The standard InChI is InChI=1S/C13H13ClN2O/c1-16(2)13(17)12(14)10-5-6-11-9(8-10)4-3-7-15-11/h3-8,12H,1-2H3. The van der Waals surface area contributed by atoms with Gasteiger partial charge in [-0.2, -0.15) is 0 Å². The van der Waals surface area contributed by atoms with E-state index in [1.54, 1.807) is 20.3 Å². The van der Waals surface area contributed by atoms with Gasteiger partial charge in [-0.05, 0) is 23.8 Å². The van der Waals surface area contributed by atoms with Crippen molar-refractivity contribution < 1.29 is 4.79 Å². The number of hydrogen-bond acceptors (Lipinski definition) is 2. The Morgan fingerprint density at radius 2 is 2.12 bits per heavy atom. The van der Waals surface area contributed by atoms with Crippen LogP contribution in [0.25, 0.3) is 10.9 Å². The van der Waals surface area contributed by atoms with Crippen molar-refractivity contribution in [3.05, 3.63) is 42.1 Å². The van der Waals surface area contributed by atoms with E-state index in [9.17, 15) is 4.79 Å². The number of carbonyl (C=O) groups is 1. The number of hydrogen-bond donors (Lipinski definition) is 0. The maximum Gasteiger partial charge on any atom is 0.244 e. The zero-order chi connectivity index (χ0) is 12.4. The van der Waals surface area contributed by atoms with Crippen molar-refractivity contribution in [2.24, 2.45) is 0 Å². The van der Waals surface area contributed by atoms with Crippen molar-refractivity contribution in [2.45, 2.75) is 5.38 Å². The highest BCUT2D eigenvalue weighted by molar-refractivity contribution is 6.30. The SMILES string of the molecule is CN(C)C(=O)C(Cl)c1ccc2ncccc2c1. The Labute approximate surface area is 105 Å². The molecule has 0 radical (unpaired) electrons. The molecule has 0 aliphatic rings. The molecule has 1 atom stereocenters. The molecule has 0 fully saturated rings. The van der Waals surface area contributed by atoms with Gasteiger partial charge in [-0.1, -0.05) is 12.1 Å². The minimum absolute atomic E-state index is 0.116. The first-order valence-electron chi connectivity index (χ1n) is 5.29. The van der Waals surface area contributed by atoms with Crippen LogP contribution in [-0.2, 0) is 4.79 Å². The van der Waals surface area contributed by atoms with Crippen LogP contribution in [0.1, 0.15) is 10.9 Å². The molecule has 88 valence electrons. The molecule has 2 aromatic rings. The second-order valence-electron chi connectivity index (χ2n) is 4.05. The van der Waals surface area contributed by atoms with Crippen LogP contribution in [0.15, 0.2) is 36.5 Å². The van der Waals surface area contributed by atoms with Crippen LogP contribution in [0.5, 0.6) is 0 Å². The molecule has 0 spiro atoms. The Kier molecular flexibility index (Phi) is 3.29. The molecule has 17 heavy (non-hydrogen) atoms. The van der Waals surface area contributed by atoms with Gasteiger partial charge in [-0.25, -0.2) is 0 Å². The molecule has 2 rings (SSSR count). The number of pyridine rings is 1. The van der Waals surface area contributed by atoms with E-state index in [0.29, 0.717) is 0 Å². The molecule has 0 aliphatic carbocycles. The summed E-state index contributed by atoms with van der Waals surface area (Å²) in [6.07, 6.45) is 1.74.